The van der Waals surface area contributed by atoms with Gasteiger partial charge >= 0.3 is 0 Å². The topological polar surface area (TPSA) is 55.5 Å². The quantitative estimate of drug-likeness (QED) is 0.697. The number of benzene rings is 1. The van der Waals surface area contributed by atoms with Crippen LogP contribution < -0.4 is 5.90 Å². The minimum atomic E-state index is -0.575. The molecule has 0 atom stereocenters. The van der Waals surface area contributed by atoms with E-state index in [4.69, 9.17) is 5.90 Å². The minimum Gasteiger partial charge on any atom is -0.505 e. The van der Waals surface area contributed by atoms with Crippen molar-refractivity contribution < 1.29 is 14.3 Å². The first-order chi connectivity index (χ1) is 6.16. The van der Waals surface area contributed by atoms with Crippen molar-refractivity contribution in [1.82, 2.24) is 0 Å². The molecule has 0 spiro atoms. The zero-order chi connectivity index (χ0) is 9.84. The van der Waals surface area contributed by atoms with Gasteiger partial charge in [-0.05, 0) is 18.1 Å². The Morgan fingerprint density at radius 1 is 1.54 bits per heavy atom. The van der Waals surface area contributed by atoms with E-state index in [0.717, 1.165) is 0 Å². The maximum atomic E-state index is 13.1. The first kappa shape index (κ1) is 9.95. The number of phenols is 1. The summed E-state index contributed by atoms with van der Waals surface area (Å²) in [5.41, 5.74) is 0.934. The Labute approximate surface area is 75.9 Å². The van der Waals surface area contributed by atoms with Crippen LogP contribution in [0.2, 0.25) is 0 Å². The smallest absolute Gasteiger partial charge is 0.167 e. The van der Waals surface area contributed by atoms with Crippen LogP contribution in [-0.2, 0) is 11.3 Å². The number of rotatable bonds is 3. The van der Waals surface area contributed by atoms with Crippen molar-refractivity contribution in [3.63, 3.8) is 0 Å². The molecule has 0 heterocycles. The minimum absolute atomic E-state index is 0.260. The number of aromatic hydroxyl groups is 1. The average molecular weight is 185 g/mol. The van der Waals surface area contributed by atoms with Gasteiger partial charge in [-0.15, -0.1) is 0 Å². The maximum Gasteiger partial charge on any atom is 0.167 e. The summed E-state index contributed by atoms with van der Waals surface area (Å²) >= 11 is 0. The fourth-order valence-corrected chi connectivity index (χ4v) is 1.08. The van der Waals surface area contributed by atoms with Crippen LogP contribution in [-0.4, -0.2) is 11.7 Å². The Hall–Kier alpha value is -1.13. The first-order valence-corrected chi connectivity index (χ1v) is 3.95. The Morgan fingerprint density at radius 3 is 2.85 bits per heavy atom. The average Bonchev–Trinajstić information content (AvgIpc) is 2.13. The van der Waals surface area contributed by atoms with E-state index >= 15 is 0 Å². The highest BCUT2D eigenvalue weighted by molar-refractivity contribution is 5.37. The van der Waals surface area contributed by atoms with Gasteiger partial charge in [0.15, 0.2) is 11.6 Å². The fraction of sp³-hybridized carbons (Fsp3) is 0.333. The monoisotopic (exact) mass is 185 g/mol. The van der Waals surface area contributed by atoms with E-state index in [1.165, 1.54) is 0 Å². The zero-order valence-corrected chi connectivity index (χ0v) is 7.38. The summed E-state index contributed by atoms with van der Waals surface area (Å²) < 4.78 is 13.1. The molecular weight excluding hydrogens is 173 g/mol. The third-order valence-corrected chi connectivity index (χ3v) is 1.88. The molecule has 0 aliphatic carbocycles. The van der Waals surface area contributed by atoms with Gasteiger partial charge in [0, 0.05) is 6.42 Å². The van der Waals surface area contributed by atoms with Crippen molar-refractivity contribution in [2.45, 2.75) is 13.3 Å². The van der Waals surface area contributed by atoms with Gasteiger partial charge in [-0.2, -0.15) is 0 Å². The van der Waals surface area contributed by atoms with Crippen LogP contribution in [0.5, 0.6) is 5.75 Å². The van der Waals surface area contributed by atoms with Crippen molar-refractivity contribution in [3.05, 3.63) is 29.1 Å². The van der Waals surface area contributed by atoms with E-state index in [0.29, 0.717) is 17.5 Å². The lowest BCUT2D eigenvalue weighted by molar-refractivity contribution is 0.140. The van der Waals surface area contributed by atoms with E-state index in [9.17, 15) is 9.50 Å². The number of aryl methyl sites for hydroxylation is 1. The Morgan fingerprint density at radius 2 is 2.23 bits per heavy atom. The van der Waals surface area contributed by atoms with Crippen molar-refractivity contribution in [3.8, 4) is 5.75 Å². The lowest BCUT2D eigenvalue weighted by Crippen LogP contribution is -2.04. The second-order valence-corrected chi connectivity index (χ2v) is 2.82. The van der Waals surface area contributed by atoms with Crippen LogP contribution >= 0.6 is 0 Å². The van der Waals surface area contributed by atoms with Crippen LogP contribution in [0.15, 0.2) is 12.1 Å². The number of nitrogens with two attached hydrogens (primary N) is 1. The van der Waals surface area contributed by atoms with E-state index in [-0.39, 0.29) is 12.4 Å². The lowest BCUT2D eigenvalue weighted by Gasteiger charge is -2.06. The van der Waals surface area contributed by atoms with Crippen molar-refractivity contribution in [1.29, 1.82) is 0 Å². The molecule has 0 aliphatic rings. The SMILES string of the molecule is Cc1ccc(CCON)c(O)c1F. The van der Waals surface area contributed by atoms with E-state index in [1.807, 2.05) is 0 Å². The van der Waals surface area contributed by atoms with Gasteiger partial charge < -0.3 is 9.94 Å². The zero-order valence-electron chi connectivity index (χ0n) is 7.38. The van der Waals surface area contributed by atoms with Crippen molar-refractivity contribution in [2.75, 3.05) is 6.61 Å². The van der Waals surface area contributed by atoms with E-state index in [2.05, 4.69) is 4.84 Å². The number of hydrogen-bond donors (Lipinski definition) is 2. The molecule has 72 valence electrons. The summed E-state index contributed by atoms with van der Waals surface area (Å²) in [7, 11) is 0. The Bertz CT molecular complexity index is 302. The molecule has 4 heteroatoms. The molecule has 0 aliphatic heterocycles. The summed E-state index contributed by atoms with van der Waals surface area (Å²) in [4.78, 5) is 4.34. The molecule has 0 bridgehead atoms. The second-order valence-electron chi connectivity index (χ2n) is 2.82. The van der Waals surface area contributed by atoms with Crippen LogP contribution in [0, 0.1) is 12.7 Å². The van der Waals surface area contributed by atoms with Gasteiger partial charge in [0.05, 0.1) is 6.61 Å². The summed E-state index contributed by atoms with van der Waals surface area (Å²) in [6, 6.07) is 3.27. The third kappa shape index (κ3) is 2.17. The van der Waals surface area contributed by atoms with Crippen LogP contribution in [0.3, 0.4) is 0 Å². The Balaban J connectivity index is 2.90. The van der Waals surface area contributed by atoms with Gasteiger partial charge in [-0.1, -0.05) is 12.1 Å². The van der Waals surface area contributed by atoms with E-state index in [1.54, 1.807) is 19.1 Å². The number of hydrogen-bond acceptors (Lipinski definition) is 3. The lowest BCUT2D eigenvalue weighted by atomic mass is 10.1. The molecule has 1 aromatic carbocycles. The van der Waals surface area contributed by atoms with Crippen LogP contribution in [0.25, 0.3) is 0 Å². The Kier molecular flexibility index (Phi) is 3.22. The fourth-order valence-electron chi connectivity index (χ4n) is 1.08. The molecule has 13 heavy (non-hydrogen) atoms. The highest BCUT2D eigenvalue weighted by Gasteiger charge is 2.08. The van der Waals surface area contributed by atoms with E-state index < -0.39 is 5.82 Å². The molecule has 1 rings (SSSR count). The molecule has 3 N–H and O–H groups in total. The molecular formula is C9H12FNO2. The molecule has 3 nitrogen and oxygen atoms in total. The third-order valence-electron chi connectivity index (χ3n) is 1.88. The van der Waals surface area contributed by atoms with Gasteiger partial charge in [0.25, 0.3) is 0 Å². The molecule has 0 unspecified atom stereocenters. The predicted molar refractivity (Wildman–Crippen MR) is 46.6 cm³/mol. The second kappa shape index (κ2) is 4.20. The molecule has 1 aromatic rings. The molecule has 0 aromatic heterocycles. The number of phenolic OH excluding ortho intramolecular Hbond substituents is 1. The molecule has 0 saturated carbocycles. The molecule has 0 radical (unpaired) electrons. The summed E-state index contributed by atoms with van der Waals surface area (Å²) in [6.45, 7) is 1.86. The summed E-state index contributed by atoms with van der Waals surface area (Å²) in [5.74, 6) is 3.94. The van der Waals surface area contributed by atoms with Gasteiger partial charge in [-0.25, -0.2) is 10.3 Å². The van der Waals surface area contributed by atoms with Gasteiger partial charge in [0.1, 0.15) is 0 Å². The predicted octanol–water partition coefficient (Wildman–Crippen LogP) is 1.27. The summed E-state index contributed by atoms with van der Waals surface area (Å²) in [5, 5.41) is 9.33. The molecule has 0 fully saturated rings. The van der Waals surface area contributed by atoms with Gasteiger partial charge in [0.2, 0.25) is 0 Å². The largest absolute Gasteiger partial charge is 0.505 e. The van der Waals surface area contributed by atoms with Crippen molar-refractivity contribution in [2.24, 2.45) is 5.90 Å². The van der Waals surface area contributed by atoms with Gasteiger partial charge in [-0.3, -0.25) is 0 Å². The highest BCUT2D eigenvalue weighted by atomic mass is 19.1. The number of halogens is 1. The van der Waals surface area contributed by atoms with Crippen LogP contribution in [0.1, 0.15) is 11.1 Å². The standard InChI is InChI=1S/C9H12FNO2/c1-6-2-3-7(4-5-13-11)9(12)8(6)10/h2-3,12H,4-5,11H2,1H3. The van der Waals surface area contributed by atoms with Crippen LogP contribution in [0.4, 0.5) is 4.39 Å². The first-order valence-electron chi connectivity index (χ1n) is 3.95. The highest BCUT2D eigenvalue weighted by Crippen LogP contribution is 2.24. The van der Waals surface area contributed by atoms with Crippen molar-refractivity contribution >= 4 is 0 Å². The normalized spacial score (nSPS) is 10.4. The maximum absolute atomic E-state index is 13.1. The molecule has 0 amide bonds. The summed E-state index contributed by atoms with van der Waals surface area (Å²) in [6.07, 6.45) is 0.402. The molecule has 0 saturated heterocycles.